The molecule has 3 aromatic heterocycles. The highest BCUT2D eigenvalue weighted by molar-refractivity contribution is 5.64. The molecule has 0 saturated heterocycles. The molecule has 0 spiro atoms. The van der Waals surface area contributed by atoms with E-state index in [-0.39, 0.29) is 35.8 Å². The molecule has 190 valence electrons. The van der Waals surface area contributed by atoms with Crippen LogP contribution in [-0.2, 0) is 5.41 Å². The van der Waals surface area contributed by atoms with Crippen LogP contribution in [0.1, 0.15) is 55.6 Å². The summed E-state index contributed by atoms with van der Waals surface area (Å²) in [6.45, 7) is 3.88. The van der Waals surface area contributed by atoms with Gasteiger partial charge in [0.1, 0.15) is 11.6 Å². The van der Waals surface area contributed by atoms with E-state index >= 15 is 0 Å². The van der Waals surface area contributed by atoms with Crippen LogP contribution < -0.4 is 0 Å². The number of nitrogens with zero attached hydrogens (tertiary/aromatic N) is 6. The first-order valence-electron chi connectivity index (χ1n) is 12.2. The van der Waals surface area contributed by atoms with Crippen LogP contribution in [0.5, 0.6) is 0 Å². The van der Waals surface area contributed by atoms with Gasteiger partial charge in [0.25, 0.3) is 0 Å². The first-order valence-corrected chi connectivity index (χ1v) is 12.2. The lowest BCUT2D eigenvalue weighted by molar-refractivity contribution is 0.146. The minimum absolute atomic E-state index is 0.127. The fraction of sp³-hybridized carbons (Fsp3) is 0.370. The number of aromatic nitrogens is 6. The molecule has 2 N–H and O–H groups in total. The van der Waals surface area contributed by atoms with E-state index in [4.69, 9.17) is 4.98 Å². The van der Waals surface area contributed by atoms with Crippen molar-refractivity contribution in [1.29, 1.82) is 0 Å². The van der Waals surface area contributed by atoms with Crippen LogP contribution in [0.3, 0.4) is 0 Å². The second kappa shape index (κ2) is 8.46. The van der Waals surface area contributed by atoms with Crippen LogP contribution in [0.2, 0.25) is 0 Å². The molecule has 37 heavy (non-hydrogen) atoms. The molecule has 1 saturated carbocycles. The van der Waals surface area contributed by atoms with Crippen molar-refractivity contribution >= 4 is 0 Å². The highest BCUT2D eigenvalue weighted by Gasteiger charge is 2.65. The summed E-state index contributed by atoms with van der Waals surface area (Å²) in [5.74, 6) is -0.741. The first kappa shape index (κ1) is 23.7. The van der Waals surface area contributed by atoms with Gasteiger partial charge in [0.05, 0.1) is 59.1 Å². The molecule has 8 nitrogen and oxygen atoms in total. The molecular formula is C27H26F2N6O2. The van der Waals surface area contributed by atoms with Crippen molar-refractivity contribution in [3.05, 3.63) is 77.5 Å². The third kappa shape index (κ3) is 3.28. The smallest absolute Gasteiger partial charge is 0.162 e. The van der Waals surface area contributed by atoms with E-state index in [1.54, 1.807) is 24.7 Å². The van der Waals surface area contributed by atoms with Crippen LogP contribution in [0.15, 0.2) is 48.9 Å². The Kier molecular flexibility index (Phi) is 5.43. The Morgan fingerprint density at radius 2 is 1.86 bits per heavy atom. The van der Waals surface area contributed by atoms with Crippen molar-refractivity contribution in [2.75, 3.05) is 13.2 Å². The molecule has 2 aliphatic rings. The minimum atomic E-state index is -0.669. The summed E-state index contributed by atoms with van der Waals surface area (Å²) in [6, 6.07) is 6.91. The molecule has 4 aromatic rings. The van der Waals surface area contributed by atoms with Gasteiger partial charge in [-0.05, 0) is 54.0 Å². The fourth-order valence-corrected chi connectivity index (χ4v) is 6.37. The van der Waals surface area contributed by atoms with Crippen molar-refractivity contribution in [1.82, 2.24) is 29.9 Å². The third-order valence-electron chi connectivity index (χ3n) is 8.35. The van der Waals surface area contributed by atoms with Crippen molar-refractivity contribution in [3.8, 4) is 22.6 Å². The second-order valence-corrected chi connectivity index (χ2v) is 10.3. The standard InChI is InChI=1S/C27H26F2N6O2/c1-26(2)18-6-8-27(26,24-17(18)10-21(33-34-24)23-19(28)4-3-5-20(23)29)22-7-9-30-25(32-22)15-11-31-35(12-15)16(13-36)14-37/h3-5,7,9-12,16,18,36-37H,6,8,13-14H2,1-2H3/t18-,27?/m0/s1. The Morgan fingerprint density at radius 3 is 2.59 bits per heavy atom. The minimum Gasteiger partial charge on any atom is -0.394 e. The topological polar surface area (TPSA) is 110 Å². The molecule has 1 aromatic carbocycles. The van der Waals surface area contributed by atoms with E-state index in [1.165, 1.54) is 22.9 Å². The molecule has 1 fully saturated rings. The van der Waals surface area contributed by atoms with Gasteiger partial charge < -0.3 is 10.2 Å². The zero-order chi connectivity index (χ0) is 25.9. The van der Waals surface area contributed by atoms with E-state index in [1.807, 2.05) is 6.07 Å². The molecule has 0 amide bonds. The summed E-state index contributed by atoms with van der Waals surface area (Å²) < 4.78 is 30.5. The van der Waals surface area contributed by atoms with E-state index in [9.17, 15) is 19.0 Å². The van der Waals surface area contributed by atoms with E-state index in [0.717, 1.165) is 29.8 Å². The Bertz CT molecular complexity index is 1480. The van der Waals surface area contributed by atoms with Gasteiger partial charge in [-0.2, -0.15) is 10.2 Å². The quantitative estimate of drug-likeness (QED) is 0.411. The monoisotopic (exact) mass is 504 g/mol. The number of halogens is 2. The van der Waals surface area contributed by atoms with Gasteiger partial charge >= 0.3 is 0 Å². The van der Waals surface area contributed by atoms with E-state index in [2.05, 4.69) is 34.1 Å². The molecule has 6 rings (SSSR count). The van der Waals surface area contributed by atoms with Gasteiger partial charge in [-0.3, -0.25) is 4.68 Å². The molecule has 0 aliphatic heterocycles. The molecule has 0 radical (unpaired) electrons. The highest BCUT2D eigenvalue weighted by Crippen LogP contribution is 2.69. The highest BCUT2D eigenvalue weighted by atomic mass is 19.1. The van der Waals surface area contributed by atoms with E-state index in [0.29, 0.717) is 11.4 Å². The molecule has 3 heterocycles. The lowest BCUT2D eigenvalue weighted by atomic mass is 9.66. The normalized spacial score (nSPS) is 21.5. The summed E-state index contributed by atoms with van der Waals surface area (Å²) in [7, 11) is 0. The maximum Gasteiger partial charge on any atom is 0.162 e. The Balaban J connectivity index is 1.45. The lowest BCUT2D eigenvalue weighted by Gasteiger charge is -2.37. The first-order chi connectivity index (χ1) is 17.8. The van der Waals surface area contributed by atoms with Crippen molar-refractivity contribution in [2.45, 2.75) is 44.1 Å². The Hall–Kier alpha value is -3.63. The van der Waals surface area contributed by atoms with Crippen molar-refractivity contribution in [3.63, 3.8) is 0 Å². The molecular weight excluding hydrogens is 478 g/mol. The number of hydrogen-bond donors (Lipinski definition) is 2. The Morgan fingerprint density at radius 1 is 1.11 bits per heavy atom. The number of aliphatic hydroxyl groups is 2. The summed E-state index contributed by atoms with van der Waals surface area (Å²) >= 11 is 0. The SMILES string of the molecule is CC1(C)[C@H]2CCC1(c1ccnc(-c3cnn(C(CO)CO)c3)n1)c1nnc(-c3c(F)cccc3F)cc12. The zero-order valence-corrected chi connectivity index (χ0v) is 20.4. The summed E-state index contributed by atoms with van der Waals surface area (Å²) in [4.78, 5) is 9.40. The van der Waals surface area contributed by atoms with Crippen LogP contribution in [0.4, 0.5) is 8.78 Å². The summed E-state index contributed by atoms with van der Waals surface area (Å²) in [6.07, 6.45) is 6.71. The van der Waals surface area contributed by atoms with Gasteiger partial charge in [-0.15, -0.1) is 5.10 Å². The van der Waals surface area contributed by atoms with Crippen LogP contribution in [0, 0.1) is 17.0 Å². The number of fused-ring (bicyclic) bond motifs is 5. The maximum absolute atomic E-state index is 14.5. The predicted octanol–water partition coefficient (Wildman–Crippen LogP) is 3.80. The maximum atomic E-state index is 14.5. The number of aliphatic hydroxyl groups excluding tert-OH is 2. The lowest BCUT2D eigenvalue weighted by Crippen LogP contribution is -2.38. The number of benzene rings is 1. The predicted molar refractivity (Wildman–Crippen MR) is 130 cm³/mol. The molecule has 1 unspecified atom stereocenters. The van der Waals surface area contributed by atoms with Crippen LogP contribution in [0.25, 0.3) is 22.6 Å². The average Bonchev–Trinajstić information content (AvgIpc) is 3.53. The fourth-order valence-electron chi connectivity index (χ4n) is 6.37. The van der Waals surface area contributed by atoms with Gasteiger partial charge in [0, 0.05) is 12.4 Å². The van der Waals surface area contributed by atoms with Crippen LogP contribution >= 0.6 is 0 Å². The number of hydrogen-bond acceptors (Lipinski definition) is 7. The van der Waals surface area contributed by atoms with Gasteiger partial charge in [0.15, 0.2) is 5.82 Å². The van der Waals surface area contributed by atoms with Crippen molar-refractivity contribution < 1.29 is 19.0 Å². The molecule has 2 bridgehead atoms. The number of rotatable bonds is 6. The molecule has 2 aliphatic carbocycles. The van der Waals surface area contributed by atoms with E-state index < -0.39 is 23.1 Å². The summed E-state index contributed by atoms with van der Waals surface area (Å²) in [5.41, 5.74) is 2.40. The summed E-state index contributed by atoms with van der Waals surface area (Å²) in [5, 5.41) is 32.1. The average molecular weight is 505 g/mol. The van der Waals surface area contributed by atoms with Gasteiger partial charge in [0.2, 0.25) is 0 Å². The second-order valence-electron chi connectivity index (χ2n) is 10.3. The Labute approximate surface area is 212 Å². The van der Waals surface area contributed by atoms with Gasteiger partial charge in [-0.1, -0.05) is 19.9 Å². The third-order valence-corrected chi connectivity index (χ3v) is 8.35. The molecule has 10 heteroatoms. The van der Waals surface area contributed by atoms with Gasteiger partial charge in [-0.25, -0.2) is 18.7 Å². The largest absolute Gasteiger partial charge is 0.394 e. The van der Waals surface area contributed by atoms with Crippen molar-refractivity contribution in [2.24, 2.45) is 5.41 Å². The zero-order valence-electron chi connectivity index (χ0n) is 20.4. The molecule has 2 atom stereocenters. The van der Waals surface area contributed by atoms with Crippen LogP contribution in [-0.4, -0.2) is 53.4 Å².